The molecule has 0 aliphatic rings. The highest BCUT2D eigenvalue weighted by Crippen LogP contribution is 2.30. The van der Waals surface area contributed by atoms with Gasteiger partial charge in [-0.15, -0.1) is 11.3 Å². The van der Waals surface area contributed by atoms with Crippen molar-refractivity contribution in [3.8, 4) is 0 Å². The lowest BCUT2D eigenvalue weighted by molar-refractivity contribution is -0.134. The summed E-state index contributed by atoms with van der Waals surface area (Å²) in [6.07, 6.45) is 0. The van der Waals surface area contributed by atoms with E-state index in [1.807, 2.05) is 36.4 Å². The van der Waals surface area contributed by atoms with Crippen molar-refractivity contribution in [1.29, 1.82) is 0 Å². The Morgan fingerprint density at radius 1 is 1.28 bits per heavy atom. The Balaban J connectivity index is 1.85. The zero-order chi connectivity index (χ0) is 17.6. The minimum atomic E-state index is -0.508. The minimum absolute atomic E-state index is 0.167. The van der Waals surface area contributed by atoms with Crippen LogP contribution in [0.3, 0.4) is 0 Å². The average molecular weight is 392 g/mol. The Labute approximate surface area is 158 Å². The van der Waals surface area contributed by atoms with Crippen LogP contribution < -0.4 is 5.43 Å². The number of rotatable bonds is 4. The van der Waals surface area contributed by atoms with Gasteiger partial charge in [-0.3, -0.25) is 5.43 Å². The number of fused-ring (bicyclic) bond motifs is 1. The normalized spacial score (nSPS) is 11.5. The summed E-state index contributed by atoms with van der Waals surface area (Å²) in [5.74, 6) is -0.508. The number of hydrazone groups is 1. The summed E-state index contributed by atoms with van der Waals surface area (Å²) in [7, 11) is 0. The minimum Gasteiger partial charge on any atom is -0.461 e. The Morgan fingerprint density at radius 3 is 2.80 bits per heavy atom. The maximum atomic E-state index is 12.2. The summed E-state index contributed by atoms with van der Waals surface area (Å²) in [6.45, 7) is 2.02. The number of hydrogen-bond donors (Lipinski definition) is 1. The summed E-state index contributed by atoms with van der Waals surface area (Å²) >= 11 is 8.76. The Morgan fingerprint density at radius 2 is 2.04 bits per heavy atom. The molecule has 3 rings (SSSR count). The van der Waals surface area contributed by atoms with E-state index < -0.39 is 5.97 Å². The van der Waals surface area contributed by atoms with Gasteiger partial charge in [-0.25, -0.2) is 9.78 Å². The molecule has 0 saturated carbocycles. The second-order valence-corrected chi connectivity index (χ2v) is 7.45. The van der Waals surface area contributed by atoms with Crippen LogP contribution in [0.4, 0.5) is 5.69 Å². The van der Waals surface area contributed by atoms with Crippen LogP contribution in [0.15, 0.2) is 58.0 Å². The van der Waals surface area contributed by atoms with E-state index in [4.69, 9.17) is 16.3 Å². The van der Waals surface area contributed by atoms with Gasteiger partial charge < -0.3 is 4.74 Å². The lowest BCUT2D eigenvalue weighted by Gasteiger charge is -2.06. The van der Waals surface area contributed by atoms with Crippen LogP contribution in [0.5, 0.6) is 0 Å². The van der Waals surface area contributed by atoms with E-state index in [-0.39, 0.29) is 11.7 Å². The van der Waals surface area contributed by atoms with Gasteiger partial charge in [0.15, 0.2) is 4.34 Å². The van der Waals surface area contributed by atoms with Gasteiger partial charge in [-0.2, -0.15) is 5.10 Å². The number of ether oxygens (including phenoxy) is 1. The predicted molar refractivity (Wildman–Crippen MR) is 105 cm³/mol. The van der Waals surface area contributed by atoms with Crippen LogP contribution in [0, 0.1) is 0 Å². The highest BCUT2D eigenvalue weighted by molar-refractivity contribution is 8.17. The first-order chi connectivity index (χ1) is 12.2. The van der Waals surface area contributed by atoms with Crippen molar-refractivity contribution in [1.82, 2.24) is 4.98 Å². The number of carbonyl (C=O) groups is 1. The molecule has 25 heavy (non-hydrogen) atoms. The third-order valence-corrected chi connectivity index (χ3v) is 5.44. The second kappa shape index (κ2) is 8.33. The van der Waals surface area contributed by atoms with Crippen molar-refractivity contribution in [2.24, 2.45) is 5.10 Å². The molecule has 1 N–H and O–H groups in total. The summed E-state index contributed by atoms with van der Waals surface area (Å²) < 4.78 is 6.85. The first-order valence-electron chi connectivity index (χ1n) is 7.46. The molecule has 0 unspecified atom stereocenters. The Hall–Kier alpha value is -2.09. The molecule has 0 radical (unpaired) electrons. The molecular formula is C17H14ClN3O2S2. The van der Waals surface area contributed by atoms with Crippen LogP contribution >= 0.6 is 34.7 Å². The molecule has 0 saturated heterocycles. The molecule has 0 amide bonds. The summed E-state index contributed by atoms with van der Waals surface area (Å²) in [5.41, 5.74) is 4.31. The van der Waals surface area contributed by atoms with Gasteiger partial charge in [0.2, 0.25) is 5.04 Å². The third kappa shape index (κ3) is 4.50. The molecule has 0 fully saturated rings. The molecule has 1 aromatic heterocycles. The number of thiazole rings is 1. The van der Waals surface area contributed by atoms with E-state index in [0.29, 0.717) is 15.0 Å². The number of halogens is 1. The molecule has 1 heterocycles. The first kappa shape index (κ1) is 17.7. The first-order valence-corrected chi connectivity index (χ1v) is 9.47. The number of para-hydroxylation sites is 2. The van der Waals surface area contributed by atoms with Crippen molar-refractivity contribution in [2.75, 3.05) is 12.0 Å². The maximum Gasteiger partial charge on any atom is 0.365 e. The molecule has 128 valence electrons. The smallest absolute Gasteiger partial charge is 0.365 e. The quantitative estimate of drug-likeness (QED) is 0.222. The zero-order valence-electron chi connectivity index (χ0n) is 13.2. The maximum absolute atomic E-state index is 12.2. The van der Waals surface area contributed by atoms with E-state index in [0.717, 1.165) is 22.0 Å². The van der Waals surface area contributed by atoms with Crippen LogP contribution in [0.25, 0.3) is 10.2 Å². The van der Waals surface area contributed by atoms with E-state index in [2.05, 4.69) is 15.5 Å². The number of hydrogen-bond acceptors (Lipinski definition) is 7. The van der Waals surface area contributed by atoms with Crippen LogP contribution in [-0.4, -0.2) is 22.6 Å². The third-order valence-electron chi connectivity index (χ3n) is 3.06. The fraction of sp³-hybridized carbons (Fsp3) is 0.118. The topological polar surface area (TPSA) is 63.6 Å². The number of nitrogens with zero attached hydrogens (tertiary/aromatic N) is 2. The molecule has 3 aromatic rings. The molecule has 0 bridgehead atoms. The summed E-state index contributed by atoms with van der Waals surface area (Å²) in [5, 5.41) is 4.86. The zero-order valence-corrected chi connectivity index (χ0v) is 15.6. The number of benzene rings is 2. The van der Waals surface area contributed by atoms with Crippen molar-refractivity contribution in [3.05, 3.63) is 53.6 Å². The molecule has 0 aliphatic heterocycles. The van der Waals surface area contributed by atoms with Gasteiger partial charge in [0.05, 0.1) is 27.5 Å². The number of aromatic nitrogens is 1. The van der Waals surface area contributed by atoms with Gasteiger partial charge in [0.1, 0.15) is 0 Å². The highest BCUT2D eigenvalue weighted by Gasteiger charge is 2.18. The summed E-state index contributed by atoms with van der Waals surface area (Å²) in [4.78, 5) is 16.7. The highest BCUT2D eigenvalue weighted by atomic mass is 35.5. The molecular weight excluding hydrogens is 378 g/mol. The number of thioether (sulfide) groups is 1. The molecule has 0 aliphatic carbocycles. The monoisotopic (exact) mass is 391 g/mol. The van der Waals surface area contributed by atoms with Gasteiger partial charge in [0, 0.05) is 0 Å². The lowest BCUT2D eigenvalue weighted by Crippen LogP contribution is -2.16. The molecule has 0 atom stereocenters. The number of carbonyl (C=O) groups excluding carboxylic acids is 1. The largest absolute Gasteiger partial charge is 0.461 e. The average Bonchev–Trinajstić information content (AvgIpc) is 3.02. The van der Waals surface area contributed by atoms with Crippen LogP contribution in [0.1, 0.15) is 6.92 Å². The van der Waals surface area contributed by atoms with Gasteiger partial charge in [0.25, 0.3) is 0 Å². The van der Waals surface area contributed by atoms with E-state index in [1.165, 1.54) is 11.3 Å². The fourth-order valence-electron chi connectivity index (χ4n) is 1.94. The fourth-order valence-corrected chi connectivity index (χ4v) is 4.03. The van der Waals surface area contributed by atoms with Gasteiger partial charge >= 0.3 is 5.97 Å². The summed E-state index contributed by atoms with van der Waals surface area (Å²) in [6, 6.07) is 15.0. The van der Waals surface area contributed by atoms with Crippen LogP contribution in [0.2, 0.25) is 5.02 Å². The van der Waals surface area contributed by atoms with E-state index in [9.17, 15) is 4.79 Å². The number of anilines is 1. The van der Waals surface area contributed by atoms with E-state index in [1.54, 1.807) is 19.1 Å². The molecule has 8 heteroatoms. The van der Waals surface area contributed by atoms with Gasteiger partial charge in [-0.05, 0) is 43.0 Å². The lowest BCUT2D eigenvalue weighted by atomic mass is 10.3. The molecule has 2 aromatic carbocycles. The number of esters is 1. The van der Waals surface area contributed by atoms with Crippen molar-refractivity contribution in [2.45, 2.75) is 11.3 Å². The predicted octanol–water partition coefficient (Wildman–Crippen LogP) is 5.03. The van der Waals surface area contributed by atoms with Crippen molar-refractivity contribution >= 4 is 61.6 Å². The van der Waals surface area contributed by atoms with Crippen molar-refractivity contribution in [3.63, 3.8) is 0 Å². The second-order valence-electron chi connectivity index (χ2n) is 4.78. The SMILES string of the molecule is CCOC(=O)/C(=N\Nc1ccccc1Cl)Sc1nc2ccccc2s1. The Bertz CT molecular complexity index is 894. The van der Waals surface area contributed by atoms with Gasteiger partial charge in [-0.1, -0.05) is 35.9 Å². The molecule has 5 nitrogen and oxygen atoms in total. The molecule has 0 spiro atoms. The number of nitrogens with one attached hydrogen (secondary N) is 1. The van der Waals surface area contributed by atoms with Crippen LogP contribution in [-0.2, 0) is 9.53 Å². The van der Waals surface area contributed by atoms with E-state index >= 15 is 0 Å². The van der Waals surface area contributed by atoms with Crippen molar-refractivity contribution < 1.29 is 9.53 Å². The Kier molecular flexibility index (Phi) is 5.91. The standard InChI is InChI=1S/C17H14ClN3O2S2/c1-2-23-16(22)15(21-20-12-8-4-3-7-11(12)18)25-17-19-13-9-5-6-10-14(13)24-17/h3-10,20H,2H2,1H3/b21-15+.